The first-order chi connectivity index (χ1) is 9.33. The van der Waals surface area contributed by atoms with E-state index in [1.807, 2.05) is 0 Å². The van der Waals surface area contributed by atoms with Crippen molar-refractivity contribution in [1.29, 1.82) is 0 Å². The van der Waals surface area contributed by atoms with Crippen LogP contribution >= 0.6 is 15.9 Å². The fourth-order valence-corrected chi connectivity index (χ4v) is 5.26. The Hall–Kier alpha value is -1.08. The summed E-state index contributed by atoms with van der Waals surface area (Å²) in [4.78, 5) is 0. The second-order valence-electron chi connectivity index (χ2n) is 5.89. The molecule has 5 rings (SSSR count). The van der Waals surface area contributed by atoms with Gasteiger partial charge >= 0.3 is 0 Å². The predicted molar refractivity (Wildman–Crippen MR) is 83.0 cm³/mol. The van der Waals surface area contributed by atoms with E-state index in [1.165, 1.54) is 0 Å². The Morgan fingerprint density at radius 2 is 1.21 bits per heavy atom. The normalized spacial score (nSPS) is 30.8. The summed E-state index contributed by atoms with van der Waals surface area (Å²) in [6.45, 7) is 2.43. The third-order valence-corrected chi connectivity index (χ3v) is 5.89. The highest BCUT2D eigenvalue weighted by atomic mass is 79.9. The molecule has 0 spiro atoms. The minimum Gasteiger partial charge on any atom is -0.0925 e. The molecule has 2 aromatic rings. The number of hydrogen-bond donors (Lipinski definition) is 0. The molecule has 0 unspecified atom stereocenters. The maximum Gasteiger partial charge on any atom is 0.0134 e. The maximum atomic E-state index is 3.76. The molecule has 3 aliphatic carbocycles. The SMILES string of the molecule is C[C@@H]1C2c3ccccc3C(c3ccccc32)[C@@H]1CBr. The molecule has 0 aliphatic heterocycles. The largest absolute Gasteiger partial charge is 0.0925 e. The van der Waals surface area contributed by atoms with Gasteiger partial charge in [-0.1, -0.05) is 71.4 Å². The molecular weight excluding hydrogens is 296 g/mol. The van der Waals surface area contributed by atoms with Crippen LogP contribution in [0.25, 0.3) is 0 Å². The van der Waals surface area contributed by atoms with Crippen molar-refractivity contribution < 1.29 is 0 Å². The summed E-state index contributed by atoms with van der Waals surface area (Å²) in [6, 6.07) is 18.1. The standard InChI is InChI=1S/C18H17Br/c1-11-16(10-19)18-14-8-4-2-6-12(14)17(11)13-7-3-5-9-15(13)18/h2-9,11,16-18H,10H2,1H3/t11-,16+,17?,18?/m0/s1. The van der Waals surface area contributed by atoms with Crippen LogP contribution in [0.4, 0.5) is 0 Å². The highest BCUT2D eigenvalue weighted by Gasteiger charge is 2.46. The zero-order valence-electron chi connectivity index (χ0n) is 11.0. The van der Waals surface area contributed by atoms with E-state index in [1.54, 1.807) is 22.3 Å². The number of halogens is 1. The summed E-state index contributed by atoms with van der Waals surface area (Å²) >= 11 is 3.76. The molecule has 3 aliphatic rings. The fraction of sp³-hybridized carbons (Fsp3) is 0.333. The molecule has 0 N–H and O–H groups in total. The quantitative estimate of drug-likeness (QED) is 0.655. The molecule has 96 valence electrons. The summed E-state index contributed by atoms with van der Waals surface area (Å²) in [5, 5.41) is 1.10. The molecule has 0 aromatic heterocycles. The van der Waals surface area contributed by atoms with Crippen LogP contribution < -0.4 is 0 Å². The minimum absolute atomic E-state index is 0.576. The zero-order valence-corrected chi connectivity index (χ0v) is 12.6. The number of hydrogen-bond acceptors (Lipinski definition) is 0. The first-order valence-corrected chi connectivity index (χ1v) is 8.18. The summed E-state index contributed by atoms with van der Waals surface area (Å²) in [7, 11) is 0. The third kappa shape index (κ3) is 1.45. The van der Waals surface area contributed by atoms with Crippen LogP contribution in [0.3, 0.4) is 0 Å². The van der Waals surface area contributed by atoms with Crippen LogP contribution in [0.1, 0.15) is 41.0 Å². The van der Waals surface area contributed by atoms with E-state index in [-0.39, 0.29) is 0 Å². The predicted octanol–water partition coefficient (Wildman–Crippen LogP) is 4.92. The van der Waals surface area contributed by atoms with Crippen molar-refractivity contribution in [3.05, 3.63) is 70.8 Å². The molecule has 2 bridgehead atoms. The van der Waals surface area contributed by atoms with Crippen LogP contribution in [0.15, 0.2) is 48.5 Å². The highest BCUT2D eigenvalue weighted by Crippen LogP contribution is 2.58. The molecule has 1 heteroatoms. The Bertz CT molecular complexity index is 584. The van der Waals surface area contributed by atoms with Gasteiger partial charge in [-0.15, -0.1) is 0 Å². The summed E-state index contributed by atoms with van der Waals surface area (Å²) in [5.41, 5.74) is 6.26. The van der Waals surface area contributed by atoms with Crippen molar-refractivity contribution in [2.45, 2.75) is 18.8 Å². The van der Waals surface area contributed by atoms with Gasteiger partial charge in [-0.2, -0.15) is 0 Å². The summed E-state index contributed by atoms with van der Waals surface area (Å²) in [5.74, 6) is 2.59. The first-order valence-electron chi connectivity index (χ1n) is 7.06. The van der Waals surface area contributed by atoms with Gasteiger partial charge < -0.3 is 0 Å². The lowest BCUT2D eigenvalue weighted by Crippen LogP contribution is -2.39. The Labute approximate surface area is 123 Å². The van der Waals surface area contributed by atoms with Crippen LogP contribution in [0.5, 0.6) is 0 Å². The number of rotatable bonds is 1. The van der Waals surface area contributed by atoms with Gasteiger partial charge in [0.15, 0.2) is 0 Å². The first kappa shape index (κ1) is 11.7. The van der Waals surface area contributed by atoms with E-state index in [2.05, 4.69) is 71.4 Å². The van der Waals surface area contributed by atoms with Gasteiger partial charge in [0, 0.05) is 17.2 Å². The van der Waals surface area contributed by atoms with Gasteiger partial charge in [0.25, 0.3) is 0 Å². The Morgan fingerprint density at radius 1 is 0.789 bits per heavy atom. The van der Waals surface area contributed by atoms with Gasteiger partial charge in [0.1, 0.15) is 0 Å². The topological polar surface area (TPSA) is 0 Å². The fourth-order valence-electron chi connectivity index (χ4n) is 4.30. The molecule has 0 heterocycles. The summed E-state index contributed by atoms with van der Waals surface area (Å²) < 4.78 is 0. The Kier molecular flexibility index (Phi) is 2.60. The van der Waals surface area contributed by atoms with Crippen molar-refractivity contribution in [3.63, 3.8) is 0 Å². The van der Waals surface area contributed by atoms with E-state index in [0.29, 0.717) is 17.8 Å². The second kappa shape index (κ2) is 4.21. The van der Waals surface area contributed by atoms with Crippen LogP contribution in [-0.2, 0) is 0 Å². The highest BCUT2D eigenvalue weighted by molar-refractivity contribution is 9.09. The maximum absolute atomic E-state index is 3.76. The lowest BCUT2D eigenvalue weighted by Gasteiger charge is -2.49. The van der Waals surface area contributed by atoms with Crippen molar-refractivity contribution in [1.82, 2.24) is 0 Å². The molecular formula is C18H17Br. The molecule has 19 heavy (non-hydrogen) atoms. The second-order valence-corrected chi connectivity index (χ2v) is 6.54. The zero-order chi connectivity index (χ0) is 13.0. The molecule has 0 saturated carbocycles. The Balaban J connectivity index is 2.03. The lowest BCUT2D eigenvalue weighted by molar-refractivity contribution is 0.277. The van der Waals surface area contributed by atoms with Gasteiger partial charge in [-0.3, -0.25) is 0 Å². The number of fused-ring (bicyclic) bond motifs is 1. The van der Waals surface area contributed by atoms with Crippen LogP contribution in [-0.4, -0.2) is 5.33 Å². The van der Waals surface area contributed by atoms with Gasteiger partial charge in [0.05, 0.1) is 0 Å². The van der Waals surface area contributed by atoms with Gasteiger partial charge in [-0.05, 0) is 34.1 Å². The molecule has 2 atom stereocenters. The molecule has 0 nitrogen and oxygen atoms in total. The monoisotopic (exact) mass is 312 g/mol. The van der Waals surface area contributed by atoms with E-state index < -0.39 is 0 Å². The summed E-state index contributed by atoms with van der Waals surface area (Å²) in [6.07, 6.45) is 0. The van der Waals surface area contributed by atoms with Crippen molar-refractivity contribution >= 4 is 15.9 Å². The third-order valence-electron chi connectivity index (χ3n) is 5.14. The smallest absolute Gasteiger partial charge is 0.0134 e. The van der Waals surface area contributed by atoms with Crippen LogP contribution in [0.2, 0.25) is 0 Å². The molecule has 0 radical (unpaired) electrons. The molecule has 0 amide bonds. The molecule has 0 saturated heterocycles. The molecule has 2 aromatic carbocycles. The van der Waals surface area contributed by atoms with E-state index in [9.17, 15) is 0 Å². The average Bonchev–Trinajstić information content (AvgIpc) is 2.47. The van der Waals surface area contributed by atoms with E-state index in [0.717, 1.165) is 11.2 Å². The van der Waals surface area contributed by atoms with E-state index in [4.69, 9.17) is 0 Å². The average molecular weight is 313 g/mol. The van der Waals surface area contributed by atoms with Crippen molar-refractivity contribution in [2.75, 3.05) is 5.33 Å². The number of alkyl halides is 1. The van der Waals surface area contributed by atoms with Crippen molar-refractivity contribution in [2.24, 2.45) is 11.8 Å². The Morgan fingerprint density at radius 3 is 1.63 bits per heavy atom. The van der Waals surface area contributed by atoms with Crippen molar-refractivity contribution in [3.8, 4) is 0 Å². The number of benzene rings is 2. The van der Waals surface area contributed by atoms with Crippen LogP contribution in [0, 0.1) is 11.8 Å². The molecule has 0 fully saturated rings. The van der Waals surface area contributed by atoms with E-state index >= 15 is 0 Å². The lowest BCUT2D eigenvalue weighted by atomic mass is 9.55. The van der Waals surface area contributed by atoms with Gasteiger partial charge in [-0.25, -0.2) is 0 Å². The van der Waals surface area contributed by atoms with Gasteiger partial charge in [0.2, 0.25) is 0 Å². The minimum atomic E-state index is 0.576.